The molecule has 0 bridgehead atoms. The molecule has 0 radical (unpaired) electrons. The Hall–Kier alpha value is -2.21. The first-order valence-electron chi connectivity index (χ1n) is 4.69. The Morgan fingerprint density at radius 2 is 1.05 bits per heavy atom. The van der Waals surface area contributed by atoms with Crippen LogP contribution in [0.3, 0.4) is 0 Å². The summed E-state index contributed by atoms with van der Waals surface area (Å²) in [6.07, 6.45) is -10.1. The van der Waals surface area contributed by atoms with Gasteiger partial charge in [0.2, 0.25) is 0 Å². The Bertz CT molecular complexity index is 624. The Labute approximate surface area is 104 Å². The molecule has 0 aliphatic carbocycles. The summed E-state index contributed by atoms with van der Waals surface area (Å²) in [5.74, 6) is 4.77. The maximum atomic E-state index is 12.1. The lowest BCUT2D eigenvalue weighted by molar-refractivity contribution is -0.146. The van der Waals surface area contributed by atoms with Crippen LogP contribution < -0.4 is 22.9 Å². The van der Waals surface area contributed by atoms with E-state index in [4.69, 9.17) is 5.84 Å². The van der Waals surface area contributed by atoms with E-state index in [9.17, 15) is 40.7 Å². The van der Waals surface area contributed by atoms with Gasteiger partial charge in [0.15, 0.2) is 0 Å². The molecule has 7 nitrogen and oxygen atoms in total. The second-order valence-corrected chi connectivity index (χ2v) is 3.62. The predicted octanol–water partition coefficient (Wildman–Crippen LogP) is -0.990. The molecule has 0 saturated carbocycles. The number of halogens is 6. The highest BCUT2D eigenvalue weighted by atomic mass is 19.4. The van der Waals surface area contributed by atoms with Gasteiger partial charge in [0, 0.05) is 0 Å². The van der Waals surface area contributed by atoms with Crippen molar-refractivity contribution in [1.29, 1.82) is 0 Å². The molecule has 0 fully saturated rings. The second-order valence-electron chi connectivity index (χ2n) is 3.62. The molecule has 13 heteroatoms. The largest absolute Gasteiger partial charge is 0.406 e. The number of rotatable bonds is 2. The lowest BCUT2D eigenvalue weighted by Crippen LogP contribution is -2.59. The fourth-order valence-corrected chi connectivity index (χ4v) is 1.28. The first kappa shape index (κ1) is 15.8. The number of nitrogens with two attached hydrogens (primary N) is 1. The van der Waals surface area contributed by atoms with Gasteiger partial charge in [0.05, 0.1) is 0 Å². The molecular formula is C7H6F6N4O3. The average Bonchev–Trinajstić information content (AvgIpc) is 2.25. The predicted molar refractivity (Wildman–Crippen MR) is 51.5 cm³/mol. The van der Waals surface area contributed by atoms with Crippen LogP contribution in [0.5, 0.6) is 0 Å². The van der Waals surface area contributed by atoms with E-state index in [1.807, 2.05) is 0 Å². The van der Waals surface area contributed by atoms with Crippen LogP contribution in [0.1, 0.15) is 0 Å². The third-order valence-corrected chi connectivity index (χ3v) is 2.01. The molecular weight excluding hydrogens is 302 g/mol. The van der Waals surface area contributed by atoms with Crippen molar-refractivity contribution in [1.82, 2.24) is 13.8 Å². The quantitative estimate of drug-likeness (QED) is 0.561. The van der Waals surface area contributed by atoms with E-state index in [0.717, 1.165) is 0 Å². The second kappa shape index (κ2) is 4.72. The number of hydrogen-bond acceptors (Lipinski definition) is 4. The summed E-state index contributed by atoms with van der Waals surface area (Å²) in [5, 5.41) is 0. The average molecular weight is 308 g/mol. The number of nitrogens with zero attached hydrogens (tertiary/aromatic N) is 3. The van der Waals surface area contributed by atoms with Crippen molar-refractivity contribution < 1.29 is 26.3 Å². The summed E-state index contributed by atoms with van der Waals surface area (Å²) in [6, 6.07) is 0. The molecule has 1 heterocycles. The zero-order valence-corrected chi connectivity index (χ0v) is 9.33. The van der Waals surface area contributed by atoms with Gasteiger partial charge in [-0.25, -0.2) is 23.5 Å². The number of hydrogen-bond donors (Lipinski definition) is 1. The van der Waals surface area contributed by atoms with Crippen LogP contribution in [0.4, 0.5) is 26.3 Å². The third-order valence-electron chi connectivity index (χ3n) is 2.01. The number of aromatic nitrogens is 3. The lowest BCUT2D eigenvalue weighted by Gasteiger charge is -2.13. The molecule has 0 atom stereocenters. The smallest absolute Gasteiger partial charge is 0.331 e. The molecule has 0 unspecified atom stereocenters. The normalized spacial score (nSPS) is 12.7. The van der Waals surface area contributed by atoms with Gasteiger partial charge in [-0.05, 0) is 0 Å². The van der Waals surface area contributed by atoms with Gasteiger partial charge in [-0.1, -0.05) is 0 Å². The zero-order valence-electron chi connectivity index (χ0n) is 9.33. The van der Waals surface area contributed by atoms with E-state index in [1.54, 1.807) is 0 Å². The van der Waals surface area contributed by atoms with Gasteiger partial charge >= 0.3 is 29.4 Å². The van der Waals surface area contributed by atoms with Crippen molar-refractivity contribution in [2.75, 3.05) is 5.84 Å². The molecule has 114 valence electrons. The maximum Gasteiger partial charge on any atom is 0.406 e. The molecule has 1 aromatic heterocycles. The Morgan fingerprint density at radius 3 is 1.30 bits per heavy atom. The van der Waals surface area contributed by atoms with E-state index < -0.39 is 56.3 Å². The molecule has 1 rings (SSSR count). The highest BCUT2D eigenvalue weighted by Crippen LogP contribution is 2.16. The van der Waals surface area contributed by atoms with E-state index in [2.05, 4.69) is 0 Å². The Balaban J connectivity index is 3.60. The number of alkyl halides is 6. The summed E-state index contributed by atoms with van der Waals surface area (Å²) in [4.78, 5) is 33.8. The Morgan fingerprint density at radius 1 is 0.750 bits per heavy atom. The molecule has 0 aliphatic rings. The minimum Gasteiger partial charge on any atom is -0.331 e. The van der Waals surface area contributed by atoms with Crippen LogP contribution in [0.2, 0.25) is 0 Å². The molecule has 0 aromatic carbocycles. The van der Waals surface area contributed by atoms with Crippen LogP contribution in [-0.4, -0.2) is 26.2 Å². The molecule has 0 aliphatic heterocycles. The molecule has 20 heavy (non-hydrogen) atoms. The summed E-state index contributed by atoms with van der Waals surface area (Å²) in [7, 11) is 0. The van der Waals surface area contributed by atoms with Crippen LogP contribution in [0.15, 0.2) is 14.4 Å². The first-order chi connectivity index (χ1) is 8.83. The monoisotopic (exact) mass is 308 g/mol. The van der Waals surface area contributed by atoms with Crippen LogP contribution in [0.25, 0.3) is 0 Å². The summed E-state index contributed by atoms with van der Waals surface area (Å²) >= 11 is 0. The highest BCUT2D eigenvalue weighted by Gasteiger charge is 2.34. The van der Waals surface area contributed by atoms with Crippen molar-refractivity contribution in [2.45, 2.75) is 25.4 Å². The number of nitrogen functional groups attached to an aromatic ring is 1. The fraction of sp³-hybridized carbons (Fsp3) is 0.571. The topological polar surface area (TPSA) is 92.0 Å². The maximum absolute atomic E-state index is 12.1. The Kier molecular flexibility index (Phi) is 3.74. The van der Waals surface area contributed by atoms with Crippen LogP contribution in [-0.2, 0) is 13.1 Å². The van der Waals surface area contributed by atoms with Gasteiger partial charge < -0.3 is 5.84 Å². The first-order valence-corrected chi connectivity index (χ1v) is 4.69. The minimum absolute atomic E-state index is 0.501. The molecule has 2 N–H and O–H groups in total. The SMILES string of the molecule is Nn1c(=O)n(CC(F)(F)F)c(=O)n(CC(F)(F)F)c1=O. The lowest BCUT2D eigenvalue weighted by atomic mass is 10.5. The van der Waals surface area contributed by atoms with E-state index in [0.29, 0.717) is 0 Å². The van der Waals surface area contributed by atoms with Crippen molar-refractivity contribution in [3.8, 4) is 0 Å². The van der Waals surface area contributed by atoms with Crippen LogP contribution in [0, 0.1) is 0 Å². The molecule has 0 spiro atoms. The van der Waals surface area contributed by atoms with Crippen molar-refractivity contribution >= 4 is 0 Å². The van der Waals surface area contributed by atoms with Gasteiger partial charge in [-0.2, -0.15) is 31.0 Å². The highest BCUT2D eigenvalue weighted by molar-refractivity contribution is 4.80. The van der Waals surface area contributed by atoms with Gasteiger partial charge in [0.25, 0.3) is 0 Å². The summed E-state index contributed by atoms with van der Waals surface area (Å²) in [5.41, 5.74) is -5.78. The molecule has 0 amide bonds. The van der Waals surface area contributed by atoms with Gasteiger partial charge in [0.1, 0.15) is 13.1 Å². The standard InChI is InChI=1S/C7H6F6N4O3/c8-6(9,10)1-15-3(18)16(2-7(11,12)13)5(20)17(14)4(15)19/h1-2,14H2. The zero-order chi connectivity index (χ0) is 15.9. The van der Waals surface area contributed by atoms with E-state index in [1.165, 1.54) is 0 Å². The summed E-state index contributed by atoms with van der Waals surface area (Å²) in [6.45, 7) is -4.33. The van der Waals surface area contributed by atoms with Crippen molar-refractivity contribution in [3.63, 3.8) is 0 Å². The van der Waals surface area contributed by atoms with E-state index in [-0.39, 0.29) is 0 Å². The summed E-state index contributed by atoms with van der Waals surface area (Å²) < 4.78 is 71.2. The van der Waals surface area contributed by atoms with Gasteiger partial charge in [-0.15, -0.1) is 0 Å². The molecule has 1 aromatic rings. The van der Waals surface area contributed by atoms with E-state index >= 15 is 0 Å². The fourth-order valence-electron chi connectivity index (χ4n) is 1.28. The van der Waals surface area contributed by atoms with Gasteiger partial charge in [-0.3, -0.25) is 0 Å². The minimum atomic E-state index is -5.06. The third kappa shape index (κ3) is 3.42. The van der Waals surface area contributed by atoms with Crippen molar-refractivity contribution in [2.24, 2.45) is 0 Å². The molecule has 0 saturated heterocycles. The van der Waals surface area contributed by atoms with Crippen molar-refractivity contribution in [3.05, 3.63) is 31.5 Å². The van der Waals surface area contributed by atoms with Crippen LogP contribution >= 0.6 is 0 Å².